The van der Waals surface area contributed by atoms with E-state index in [4.69, 9.17) is 4.74 Å². The van der Waals surface area contributed by atoms with Gasteiger partial charge in [-0.1, -0.05) is 18.2 Å². The number of pyridine rings is 1. The number of imidazole rings is 1. The molecule has 3 N–H and O–H groups in total. The van der Waals surface area contributed by atoms with E-state index in [0.717, 1.165) is 67.1 Å². The highest BCUT2D eigenvalue weighted by molar-refractivity contribution is 5.80. The van der Waals surface area contributed by atoms with Crippen molar-refractivity contribution in [2.24, 2.45) is 5.92 Å². The molecule has 2 aromatic heterocycles. The second-order valence-corrected chi connectivity index (χ2v) is 9.87. The summed E-state index contributed by atoms with van der Waals surface area (Å²) in [5.41, 5.74) is 3.00. The molecule has 3 aliphatic rings. The molecule has 0 amide bonds. The molecule has 1 saturated heterocycles. The van der Waals surface area contributed by atoms with Crippen LogP contribution in [0, 0.1) is 5.92 Å². The van der Waals surface area contributed by atoms with Crippen LogP contribution in [0.1, 0.15) is 50.3 Å². The Morgan fingerprint density at radius 2 is 2.15 bits per heavy atom. The molecule has 178 valence electrons. The predicted octanol–water partition coefficient (Wildman–Crippen LogP) is 3.91. The van der Waals surface area contributed by atoms with E-state index in [1.165, 1.54) is 0 Å². The average molecular weight is 461 g/mol. The van der Waals surface area contributed by atoms with Crippen molar-refractivity contribution in [3.63, 3.8) is 0 Å². The molecule has 1 unspecified atom stereocenters. The van der Waals surface area contributed by atoms with Gasteiger partial charge in [0.2, 0.25) is 5.88 Å². The average Bonchev–Trinajstić information content (AvgIpc) is 3.18. The third-order valence-electron chi connectivity index (χ3n) is 6.99. The number of ether oxygens (including phenoxy) is 1. The fraction of sp³-hybridized carbons (Fsp3) is 0.407. The van der Waals surface area contributed by atoms with E-state index < -0.39 is 5.60 Å². The van der Waals surface area contributed by atoms with Crippen molar-refractivity contribution in [3.8, 4) is 5.88 Å². The topological polar surface area (TPSA) is 94.2 Å². The van der Waals surface area contributed by atoms with E-state index in [9.17, 15) is 9.90 Å². The minimum atomic E-state index is -0.908. The van der Waals surface area contributed by atoms with Crippen molar-refractivity contribution in [1.29, 1.82) is 0 Å². The van der Waals surface area contributed by atoms with Gasteiger partial charge in [-0.2, -0.15) is 0 Å². The number of allylic oxidation sites excluding steroid dienone is 5. The minimum Gasteiger partial charge on any atom is -0.438 e. The Hall–Kier alpha value is -3.16. The van der Waals surface area contributed by atoms with Crippen LogP contribution < -0.4 is 10.4 Å². The summed E-state index contributed by atoms with van der Waals surface area (Å²) < 4.78 is 6.21. The van der Waals surface area contributed by atoms with Crippen molar-refractivity contribution < 1.29 is 9.84 Å². The maximum atomic E-state index is 11.4. The molecule has 34 heavy (non-hydrogen) atoms. The summed E-state index contributed by atoms with van der Waals surface area (Å²) in [5, 5.41) is 10.8. The van der Waals surface area contributed by atoms with Crippen LogP contribution in [-0.2, 0) is 0 Å². The number of H-pyrrole nitrogens is 2. The van der Waals surface area contributed by atoms with Crippen LogP contribution in [0.25, 0.3) is 5.57 Å². The molecule has 1 atom stereocenters. The van der Waals surface area contributed by atoms with Crippen LogP contribution in [0.15, 0.2) is 71.0 Å². The van der Waals surface area contributed by atoms with Crippen molar-refractivity contribution >= 4 is 5.57 Å². The summed E-state index contributed by atoms with van der Waals surface area (Å²) in [6.45, 7) is 6.66. The molecule has 2 aromatic rings. The van der Waals surface area contributed by atoms with Crippen LogP contribution >= 0.6 is 0 Å². The van der Waals surface area contributed by atoms with E-state index in [0.29, 0.717) is 11.8 Å². The van der Waals surface area contributed by atoms with Gasteiger partial charge in [0.15, 0.2) is 0 Å². The lowest BCUT2D eigenvalue weighted by molar-refractivity contribution is 0.0492. The van der Waals surface area contributed by atoms with Crippen LogP contribution in [0.2, 0.25) is 0 Å². The van der Waals surface area contributed by atoms with E-state index in [2.05, 4.69) is 32.0 Å². The molecule has 7 nitrogen and oxygen atoms in total. The summed E-state index contributed by atoms with van der Waals surface area (Å²) in [4.78, 5) is 24.0. The number of fused-ring (bicyclic) bond motifs is 2. The number of aliphatic hydroxyl groups is 1. The molecule has 0 spiro atoms. The highest BCUT2D eigenvalue weighted by Gasteiger charge is 2.34. The summed E-state index contributed by atoms with van der Waals surface area (Å²) in [6.07, 6.45) is 16.9. The van der Waals surface area contributed by atoms with Gasteiger partial charge in [-0.3, -0.25) is 0 Å². The van der Waals surface area contributed by atoms with Gasteiger partial charge in [0, 0.05) is 47.6 Å². The standard InChI is InChI=1S/C27H32N4O3/c1-27(2,33)22-8-3-9-24-21(22)16-19(20-7-4-12-28-25(20)34-24)6-5-13-31-14-10-18(11-15-31)23-17-29-26(32)30-23/h3-4,6-9,12,16-18,22,33H,5,10-11,13-15H2,1-2H3,(H2,29,30,32). The molecule has 1 aliphatic carbocycles. The zero-order chi connectivity index (χ0) is 23.7. The Kier molecular flexibility index (Phi) is 6.15. The van der Waals surface area contributed by atoms with Crippen molar-refractivity contribution in [2.45, 2.75) is 44.6 Å². The van der Waals surface area contributed by atoms with Gasteiger partial charge >= 0.3 is 5.69 Å². The molecular weight excluding hydrogens is 428 g/mol. The largest absolute Gasteiger partial charge is 0.438 e. The van der Waals surface area contributed by atoms with Gasteiger partial charge in [0.1, 0.15) is 5.76 Å². The third-order valence-corrected chi connectivity index (χ3v) is 6.99. The quantitative estimate of drug-likeness (QED) is 0.629. The van der Waals surface area contributed by atoms with Crippen LogP contribution in [-0.4, -0.2) is 50.2 Å². The summed E-state index contributed by atoms with van der Waals surface area (Å²) in [7, 11) is 0. The molecule has 5 rings (SSSR count). The number of aromatic amines is 2. The predicted molar refractivity (Wildman–Crippen MR) is 132 cm³/mol. The molecule has 4 heterocycles. The van der Waals surface area contributed by atoms with Gasteiger partial charge in [-0.15, -0.1) is 0 Å². The lowest BCUT2D eigenvalue weighted by Crippen LogP contribution is -2.33. The Labute approximate surface area is 199 Å². The zero-order valence-electron chi connectivity index (χ0n) is 19.8. The van der Waals surface area contributed by atoms with Crippen molar-refractivity contribution in [1.82, 2.24) is 19.9 Å². The van der Waals surface area contributed by atoms with Gasteiger partial charge in [0.05, 0.1) is 5.60 Å². The van der Waals surface area contributed by atoms with E-state index >= 15 is 0 Å². The Bertz CT molecular complexity index is 1220. The Balaban J connectivity index is 1.32. The van der Waals surface area contributed by atoms with Crippen LogP contribution in [0.5, 0.6) is 5.88 Å². The second kappa shape index (κ2) is 9.24. The van der Waals surface area contributed by atoms with E-state index in [-0.39, 0.29) is 11.6 Å². The number of piperidine rings is 1. The van der Waals surface area contributed by atoms with E-state index in [1.54, 1.807) is 6.20 Å². The molecule has 1 fully saturated rings. The van der Waals surface area contributed by atoms with Crippen molar-refractivity contribution in [3.05, 3.63) is 88.0 Å². The molecule has 7 heteroatoms. The first-order valence-corrected chi connectivity index (χ1v) is 12.0. The minimum absolute atomic E-state index is 0.126. The Morgan fingerprint density at radius 3 is 2.88 bits per heavy atom. The highest BCUT2D eigenvalue weighted by atomic mass is 16.5. The highest BCUT2D eigenvalue weighted by Crippen LogP contribution is 2.41. The van der Waals surface area contributed by atoms with Gasteiger partial charge in [-0.05, 0) is 76.1 Å². The number of rotatable bonds is 5. The number of nitrogens with zero attached hydrogens (tertiary/aromatic N) is 2. The normalized spacial score (nSPS) is 22.4. The Morgan fingerprint density at radius 1 is 1.32 bits per heavy atom. The van der Waals surface area contributed by atoms with E-state index in [1.807, 2.05) is 50.4 Å². The van der Waals surface area contributed by atoms with Gasteiger partial charge in [-0.25, -0.2) is 9.78 Å². The fourth-order valence-electron chi connectivity index (χ4n) is 5.12. The van der Waals surface area contributed by atoms with Gasteiger partial charge in [0.25, 0.3) is 0 Å². The lowest BCUT2D eigenvalue weighted by Gasteiger charge is -2.31. The molecule has 0 bridgehead atoms. The van der Waals surface area contributed by atoms with Crippen LogP contribution in [0.3, 0.4) is 0 Å². The molecule has 0 radical (unpaired) electrons. The first-order chi connectivity index (χ1) is 16.4. The number of aromatic nitrogens is 3. The molecule has 0 aromatic carbocycles. The molecular formula is C27H32N4O3. The fourth-order valence-corrected chi connectivity index (χ4v) is 5.12. The SMILES string of the molecule is CC(C)(O)C1C=CC=C2Oc3ncccc3C(=CCCN3CCC(c4c[nH]c(=O)[nH]4)CC3)C=C21. The second-order valence-electron chi connectivity index (χ2n) is 9.87. The smallest absolute Gasteiger partial charge is 0.323 e. The lowest BCUT2D eigenvalue weighted by atomic mass is 9.80. The maximum Gasteiger partial charge on any atom is 0.323 e. The summed E-state index contributed by atoms with van der Waals surface area (Å²) in [5.74, 6) is 1.59. The third kappa shape index (κ3) is 4.72. The first kappa shape index (κ1) is 22.6. The maximum absolute atomic E-state index is 11.4. The monoisotopic (exact) mass is 460 g/mol. The summed E-state index contributed by atoms with van der Waals surface area (Å²) in [6, 6.07) is 3.97. The molecule has 0 saturated carbocycles. The van der Waals surface area contributed by atoms with Crippen LogP contribution in [0.4, 0.5) is 0 Å². The summed E-state index contributed by atoms with van der Waals surface area (Å²) >= 11 is 0. The van der Waals surface area contributed by atoms with Gasteiger partial charge < -0.3 is 24.7 Å². The van der Waals surface area contributed by atoms with Crippen molar-refractivity contribution in [2.75, 3.05) is 19.6 Å². The number of hydrogen-bond acceptors (Lipinski definition) is 5. The molecule has 2 aliphatic heterocycles. The number of hydrogen-bond donors (Lipinski definition) is 3. The zero-order valence-corrected chi connectivity index (χ0v) is 19.8. The number of likely N-dealkylation sites (tertiary alicyclic amines) is 1. The number of nitrogens with one attached hydrogen (secondary N) is 2. The first-order valence-electron chi connectivity index (χ1n) is 12.0.